The van der Waals surface area contributed by atoms with Crippen LogP contribution in [0.1, 0.15) is 24.4 Å². The van der Waals surface area contributed by atoms with E-state index in [0.717, 1.165) is 25.2 Å². The minimum absolute atomic E-state index is 0.0864. The molecule has 24 heavy (non-hydrogen) atoms. The second kappa shape index (κ2) is 7.35. The van der Waals surface area contributed by atoms with E-state index in [1.807, 2.05) is 12.1 Å². The summed E-state index contributed by atoms with van der Waals surface area (Å²) in [5, 5.41) is 11.3. The van der Waals surface area contributed by atoms with Gasteiger partial charge in [-0.25, -0.2) is 4.39 Å². The van der Waals surface area contributed by atoms with E-state index in [4.69, 9.17) is 5.73 Å². The van der Waals surface area contributed by atoms with Crippen LogP contribution in [0.4, 0.5) is 10.2 Å². The molecule has 1 amide bonds. The Morgan fingerprint density at radius 2 is 2.12 bits per heavy atom. The van der Waals surface area contributed by atoms with Gasteiger partial charge in [-0.1, -0.05) is 12.1 Å². The van der Waals surface area contributed by atoms with E-state index in [9.17, 15) is 9.18 Å². The highest BCUT2D eigenvalue weighted by Gasteiger charge is 2.26. The molecule has 1 saturated heterocycles. The van der Waals surface area contributed by atoms with Gasteiger partial charge < -0.3 is 10.6 Å². The SMILES string of the molecule is NC(=O)[C@H](N[C@@H]1CCCN(c2cccnn2)C1)c1ccc(F)cc1. The molecule has 6 nitrogen and oxygen atoms in total. The van der Waals surface area contributed by atoms with Gasteiger partial charge in [0.25, 0.3) is 0 Å². The monoisotopic (exact) mass is 329 g/mol. The lowest BCUT2D eigenvalue weighted by molar-refractivity contribution is -0.120. The topological polar surface area (TPSA) is 84.1 Å². The lowest BCUT2D eigenvalue weighted by Gasteiger charge is -2.35. The molecular formula is C17H20FN5O. The number of carbonyl (C=O) groups is 1. The minimum atomic E-state index is -0.641. The molecule has 1 aromatic carbocycles. The number of nitrogens with zero attached hydrogens (tertiary/aromatic N) is 3. The van der Waals surface area contributed by atoms with Crippen LogP contribution < -0.4 is 16.0 Å². The Balaban J connectivity index is 1.70. The number of amides is 1. The fourth-order valence-corrected chi connectivity index (χ4v) is 3.02. The largest absolute Gasteiger partial charge is 0.368 e. The van der Waals surface area contributed by atoms with Crippen molar-refractivity contribution in [1.29, 1.82) is 0 Å². The first-order chi connectivity index (χ1) is 11.6. The number of nitrogens with one attached hydrogen (secondary N) is 1. The molecule has 3 rings (SSSR count). The summed E-state index contributed by atoms with van der Waals surface area (Å²) >= 11 is 0. The van der Waals surface area contributed by atoms with Crippen molar-refractivity contribution in [2.75, 3.05) is 18.0 Å². The van der Waals surface area contributed by atoms with Gasteiger partial charge in [-0.05, 0) is 42.7 Å². The number of carbonyl (C=O) groups excluding carboxylic acids is 1. The highest BCUT2D eigenvalue weighted by molar-refractivity contribution is 5.81. The van der Waals surface area contributed by atoms with Crippen LogP contribution in [-0.4, -0.2) is 35.2 Å². The average Bonchev–Trinajstić information content (AvgIpc) is 2.61. The number of aromatic nitrogens is 2. The van der Waals surface area contributed by atoms with E-state index in [1.54, 1.807) is 18.3 Å². The molecular weight excluding hydrogens is 309 g/mol. The van der Waals surface area contributed by atoms with Gasteiger partial charge in [0.2, 0.25) is 5.91 Å². The zero-order valence-corrected chi connectivity index (χ0v) is 13.2. The van der Waals surface area contributed by atoms with E-state index in [-0.39, 0.29) is 11.9 Å². The molecule has 0 radical (unpaired) electrons. The summed E-state index contributed by atoms with van der Waals surface area (Å²) < 4.78 is 13.1. The predicted octanol–water partition coefficient (Wildman–Crippen LogP) is 1.40. The van der Waals surface area contributed by atoms with Crippen molar-refractivity contribution in [2.24, 2.45) is 5.73 Å². The molecule has 0 bridgehead atoms. The van der Waals surface area contributed by atoms with E-state index >= 15 is 0 Å². The molecule has 2 atom stereocenters. The third kappa shape index (κ3) is 3.86. The van der Waals surface area contributed by atoms with E-state index < -0.39 is 11.9 Å². The van der Waals surface area contributed by atoms with Crippen LogP contribution in [0, 0.1) is 5.82 Å². The number of nitrogens with two attached hydrogens (primary N) is 1. The van der Waals surface area contributed by atoms with Crippen molar-refractivity contribution >= 4 is 11.7 Å². The van der Waals surface area contributed by atoms with E-state index in [2.05, 4.69) is 20.4 Å². The van der Waals surface area contributed by atoms with Crippen LogP contribution >= 0.6 is 0 Å². The smallest absolute Gasteiger partial charge is 0.239 e. The Morgan fingerprint density at radius 1 is 1.33 bits per heavy atom. The maximum Gasteiger partial charge on any atom is 0.239 e. The first-order valence-electron chi connectivity index (χ1n) is 7.97. The Hall–Kier alpha value is -2.54. The van der Waals surface area contributed by atoms with Gasteiger partial charge >= 0.3 is 0 Å². The van der Waals surface area contributed by atoms with E-state index in [0.29, 0.717) is 12.1 Å². The molecule has 2 heterocycles. The summed E-state index contributed by atoms with van der Waals surface area (Å²) in [7, 11) is 0. The molecule has 1 aromatic heterocycles. The summed E-state index contributed by atoms with van der Waals surface area (Å²) in [6.07, 6.45) is 3.55. The summed E-state index contributed by atoms with van der Waals surface area (Å²) in [5.74, 6) is 0.00751. The lowest BCUT2D eigenvalue weighted by Crippen LogP contribution is -2.49. The van der Waals surface area contributed by atoms with Gasteiger partial charge in [-0.2, -0.15) is 5.10 Å². The van der Waals surface area contributed by atoms with Crippen molar-refractivity contribution < 1.29 is 9.18 Å². The number of halogens is 1. The highest BCUT2D eigenvalue weighted by atomic mass is 19.1. The fourth-order valence-electron chi connectivity index (χ4n) is 3.02. The van der Waals surface area contributed by atoms with E-state index in [1.165, 1.54) is 12.1 Å². The third-order valence-electron chi connectivity index (χ3n) is 4.19. The average molecular weight is 329 g/mol. The Bertz CT molecular complexity index is 679. The summed E-state index contributed by atoms with van der Waals surface area (Å²) in [6, 6.07) is 9.05. The van der Waals surface area contributed by atoms with Gasteiger partial charge in [0.15, 0.2) is 5.82 Å². The summed E-state index contributed by atoms with van der Waals surface area (Å²) in [4.78, 5) is 14.0. The normalized spacial score (nSPS) is 19.0. The van der Waals surface area contributed by atoms with Crippen molar-refractivity contribution in [3.63, 3.8) is 0 Å². The first kappa shape index (κ1) is 16.3. The van der Waals surface area contributed by atoms with Crippen LogP contribution in [0.5, 0.6) is 0 Å². The van der Waals surface area contributed by atoms with Crippen LogP contribution in [0.3, 0.4) is 0 Å². The fraction of sp³-hybridized carbons (Fsp3) is 0.353. The maximum absolute atomic E-state index is 13.1. The zero-order chi connectivity index (χ0) is 16.9. The quantitative estimate of drug-likeness (QED) is 0.866. The molecule has 7 heteroatoms. The van der Waals surface area contributed by atoms with Crippen LogP contribution in [-0.2, 0) is 4.79 Å². The molecule has 0 aliphatic carbocycles. The van der Waals surface area contributed by atoms with Gasteiger partial charge in [0.05, 0.1) is 0 Å². The third-order valence-corrected chi connectivity index (χ3v) is 4.19. The molecule has 1 fully saturated rings. The highest BCUT2D eigenvalue weighted by Crippen LogP contribution is 2.20. The molecule has 0 saturated carbocycles. The molecule has 2 aromatic rings. The maximum atomic E-state index is 13.1. The van der Waals surface area contributed by atoms with Crippen molar-refractivity contribution in [3.05, 3.63) is 54.0 Å². The molecule has 0 unspecified atom stereocenters. The standard InChI is InChI=1S/C17H20FN5O/c18-13-7-5-12(6-8-13)16(17(19)24)21-14-3-2-10-23(11-14)15-4-1-9-20-22-15/h1,4-9,14,16,21H,2-3,10-11H2,(H2,19,24)/t14-,16-/m1/s1. The lowest BCUT2D eigenvalue weighted by atomic mass is 10.0. The summed E-state index contributed by atoms with van der Waals surface area (Å²) in [6.45, 7) is 1.61. The van der Waals surface area contributed by atoms with Crippen LogP contribution in [0.2, 0.25) is 0 Å². The Kier molecular flexibility index (Phi) is 5.00. The molecule has 1 aliphatic rings. The predicted molar refractivity (Wildman–Crippen MR) is 88.7 cm³/mol. The Morgan fingerprint density at radius 3 is 2.79 bits per heavy atom. The van der Waals surface area contributed by atoms with Gasteiger partial charge in [0, 0.05) is 25.3 Å². The van der Waals surface area contributed by atoms with Crippen molar-refractivity contribution in [3.8, 4) is 0 Å². The summed E-state index contributed by atoms with van der Waals surface area (Å²) in [5.41, 5.74) is 6.21. The molecule has 1 aliphatic heterocycles. The second-order valence-electron chi connectivity index (χ2n) is 5.92. The van der Waals surface area contributed by atoms with Crippen LogP contribution in [0.15, 0.2) is 42.6 Å². The first-order valence-corrected chi connectivity index (χ1v) is 7.97. The number of hydrogen-bond donors (Lipinski definition) is 2. The Labute approximate surface area is 139 Å². The molecule has 126 valence electrons. The van der Waals surface area contributed by atoms with Crippen molar-refractivity contribution in [2.45, 2.75) is 24.9 Å². The van der Waals surface area contributed by atoms with Gasteiger partial charge in [-0.15, -0.1) is 5.10 Å². The molecule has 0 spiro atoms. The number of primary amides is 1. The number of hydrogen-bond acceptors (Lipinski definition) is 5. The number of rotatable bonds is 5. The van der Waals surface area contributed by atoms with Gasteiger partial charge in [0.1, 0.15) is 11.9 Å². The molecule has 3 N–H and O–H groups in total. The minimum Gasteiger partial charge on any atom is -0.368 e. The van der Waals surface area contributed by atoms with Gasteiger partial charge in [-0.3, -0.25) is 10.1 Å². The van der Waals surface area contributed by atoms with Crippen LogP contribution in [0.25, 0.3) is 0 Å². The number of anilines is 1. The van der Waals surface area contributed by atoms with Crippen molar-refractivity contribution in [1.82, 2.24) is 15.5 Å². The number of piperidine rings is 1. The second-order valence-corrected chi connectivity index (χ2v) is 5.92. The zero-order valence-electron chi connectivity index (χ0n) is 13.2. The number of benzene rings is 1.